The Hall–Kier alpha value is -0.870. The molecule has 0 saturated heterocycles. The molecular weight excluding hydrogens is 220 g/mol. The highest BCUT2D eigenvalue weighted by Crippen LogP contribution is 2.17. The third kappa shape index (κ3) is 3.94. The lowest BCUT2D eigenvalue weighted by Crippen LogP contribution is -2.39. The number of amides is 1. The minimum Gasteiger partial charge on any atom is -0.352 e. The van der Waals surface area contributed by atoms with Crippen LogP contribution in [0.4, 0.5) is 0 Å². The first-order valence-corrected chi connectivity index (χ1v) is 6.48. The maximum Gasteiger partial charge on any atom is 0.242 e. The Morgan fingerprint density at radius 2 is 2.19 bits per heavy atom. The van der Waals surface area contributed by atoms with E-state index in [4.69, 9.17) is 5.73 Å². The lowest BCUT2D eigenvalue weighted by atomic mass is 10.0. The van der Waals surface area contributed by atoms with Crippen molar-refractivity contribution in [2.75, 3.05) is 0 Å². The summed E-state index contributed by atoms with van der Waals surface area (Å²) in [7, 11) is 0. The molecule has 3 nitrogen and oxygen atoms in total. The zero-order valence-corrected chi connectivity index (χ0v) is 10.9. The van der Waals surface area contributed by atoms with E-state index in [1.165, 1.54) is 11.3 Å². The largest absolute Gasteiger partial charge is 0.352 e. The van der Waals surface area contributed by atoms with Crippen molar-refractivity contribution in [3.8, 4) is 0 Å². The fourth-order valence-corrected chi connectivity index (χ4v) is 2.42. The summed E-state index contributed by atoms with van der Waals surface area (Å²) >= 11 is 1.51. The molecule has 0 aliphatic heterocycles. The SMILES string of the molecule is CC(C)CC(C)NC(=O)C(N)c1cccs1. The molecule has 0 saturated carbocycles. The van der Waals surface area contributed by atoms with Gasteiger partial charge in [-0.2, -0.15) is 0 Å². The molecule has 0 radical (unpaired) electrons. The maximum atomic E-state index is 11.8. The zero-order valence-electron chi connectivity index (χ0n) is 10.1. The quantitative estimate of drug-likeness (QED) is 0.829. The Kier molecular flexibility index (Phi) is 4.96. The van der Waals surface area contributed by atoms with Crippen molar-refractivity contribution >= 4 is 17.2 Å². The zero-order chi connectivity index (χ0) is 12.1. The van der Waals surface area contributed by atoms with Crippen LogP contribution in [0.15, 0.2) is 17.5 Å². The van der Waals surface area contributed by atoms with E-state index in [-0.39, 0.29) is 11.9 Å². The van der Waals surface area contributed by atoms with Gasteiger partial charge in [-0.05, 0) is 30.7 Å². The number of thiophene rings is 1. The predicted molar refractivity (Wildman–Crippen MR) is 68.3 cm³/mol. The number of hydrogen-bond acceptors (Lipinski definition) is 3. The van der Waals surface area contributed by atoms with Crippen molar-refractivity contribution in [1.29, 1.82) is 0 Å². The second kappa shape index (κ2) is 6.01. The first-order chi connectivity index (χ1) is 7.50. The van der Waals surface area contributed by atoms with Crippen molar-refractivity contribution in [3.63, 3.8) is 0 Å². The summed E-state index contributed by atoms with van der Waals surface area (Å²) in [5.74, 6) is 0.490. The summed E-state index contributed by atoms with van der Waals surface area (Å²) in [5.41, 5.74) is 5.86. The van der Waals surface area contributed by atoms with Crippen LogP contribution in [0.5, 0.6) is 0 Å². The van der Waals surface area contributed by atoms with E-state index >= 15 is 0 Å². The summed E-state index contributed by atoms with van der Waals surface area (Å²) in [4.78, 5) is 12.7. The highest BCUT2D eigenvalue weighted by atomic mass is 32.1. The van der Waals surface area contributed by atoms with Gasteiger partial charge < -0.3 is 11.1 Å². The van der Waals surface area contributed by atoms with Crippen molar-refractivity contribution in [3.05, 3.63) is 22.4 Å². The highest BCUT2D eigenvalue weighted by Gasteiger charge is 2.18. The van der Waals surface area contributed by atoms with Gasteiger partial charge in [-0.3, -0.25) is 4.79 Å². The van der Waals surface area contributed by atoms with Crippen molar-refractivity contribution in [2.45, 2.75) is 39.3 Å². The summed E-state index contributed by atoms with van der Waals surface area (Å²) in [6, 6.07) is 3.44. The fourth-order valence-electron chi connectivity index (χ4n) is 1.70. The minimum atomic E-state index is -0.533. The molecule has 4 heteroatoms. The highest BCUT2D eigenvalue weighted by molar-refractivity contribution is 7.10. The molecule has 0 aliphatic carbocycles. The molecule has 0 aromatic carbocycles. The van der Waals surface area contributed by atoms with Crippen molar-refractivity contribution in [2.24, 2.45) is 11.7 Å². The van der Waals surface area contributed by atoms with Gasteiger partial charge in [0.05, 0.1) is 0 Å². The first kappa shape index (κ1) is 13.2. The maximum absolute atomic E-state index is 11.8. The Bertz CT molecular complexity index is 322. The van der Waals surface area contributed by atoms with E-state index in [0.717, 1.165) is 11.3 Å². The molecule has 1 aromatic rings. The molecular formula is C12H20N2OS. The molecule has 0 bridgehead atoms. The Balaban J connectivity index is 2.46. The van der Waals surface area contributed by atoms with Crippen LogP contribution in [-0.2, 0) is 4.79 Å². The number of carbonyl (C=O) groups is 1. The summed E-state index contributed by atoms with van der Waals surface area (Å²) in [6.07, 6.45) is 0.975. The third-order valence-electron chi connectivity index (χ3n) is 2.35. The molecule has 2 atom stereocenters. The second-order valence-corrected chi connectivity index (χ2v) is 5.51. The number of nitrogens with two attached hydrogens (primary N) is 1. The van der Waals surface area contributed by atoms with Gasteiger partial charge in [-0.1, -0.05) is 19.9 Å². The number of nitrogens with one attached hydrogen (secondary N) is 1. The minimum absolute atomic E-state index is 0.0874. The van der Waals surface area contributed by atoms with E-state index < -0.39 is 6.04 Å². The van der Waals surface area contributed by atoms with Gasteiger partial charge in [0.15, 0.2) is 0 Å². The van der Waals surface area contributed by atoms with Gasteiger partial charge in [0.2, 0.25) is 5.91 Å². The molecule has 1 aromatic heterocycles. The van der Waals surface area contributed by atoms with Gasteiger partial charge in [0.25, 0.3) is 0 Å². The number of rotatable bonds is 5. The van der Waals surface area contributed by atoms with Gasteiger partial charge in [-0.25, -0.2) is 0 Å². The van der Waals surface area contributed by atoms with Crippen LogP contribution in [0, 0.1) is 5.92 Å². The Morgan fingerprint density at radius 1 is 1.50 bits per heavy atom. The molecule has 90 valence electrons. The molecule has 1 rings (SSSR count). The average Bonchev–Trinajstić information content (AvgIpc) is 2.67. The van der Waals surface area contributed by atoms with Gasteiger partial charge in [0, 0.05) is 10.9 Å². The molecule has 1 amide bonds. The molecule has 1 heterocycles. The monoisotopic (exact) mass is 240 g/mol. The number of hydrogen-bond donors (Lipinski definition) is 2. The Labute approximate surface area is 101 Å². The van der Waals surface area contributed by atoms with Crippen LogP contribution in [0.2, 0.25) is 0 Å². The third-order valence-corrected chi connectivity index (χ3v) is 3.30. The van der Waals surface area contributed by atoms with Crippen LogP contribution in [0.3, 0.4) is 0 Å². The topological polar surface area (TPSA) is 55.1 Å². The van der Waals surface area contributed by atoms with Gasteiger partial charge >= 0.3 is 0 Å². The van der Waals surface area contributed by atoms with Crippen LogP contribution < -0.4 is 11.1 Å². The molecule has 16 heavy (non-hydrogen) atoms. The van der Waals surface area contributed by atoms with Crippen molar-refractivity contribution < 1.29 is 4.79 Å². The van der Waals surface area contributed by atoms with E-state index in [1.54, 1.807) is 0 Å². The normalized spacial score (nSPS) is 14.8. The van der Waals surface area contributed by atoms with Crippen LogP contribution in [-0.4, -0.2) is 11.9 Å². The fraction of sp³-hybridized carbons (Fsp3) is 0.583. The predicted octanol–water partition coefficient (Wildman–Crippen LogP) is 2.30. The van der Waals surface area contributed by atoms with Crippen molar-refractivity contribution in [1.82, 2.24) is 5.32 Å². The standard InChI is InChI=1S/C12H20N2OS/c1-8(2)7-9(3)14-12(15)11(13)10-5-4-6-16-10/h4-6,8-9,11H,7,13H2,1-3H3,(H,14,15). The molecule has 0 aliphatic rings. The summed E-state index contributed by atoms with van der Waals surface area (Å²) < 4.78 is 0. The van der Waals surface area contributed by atoms with Crippen LogP contribution >= 0.6 is 11.3 Å². The second-order valence-electron chi connectivity index (χ2n) is 4.53. The van der Waals surface area contributed by atoms with E-state index in [1.807, 2.05) is 24.4 Å². The molecule has 0 spiro atoms. The summed E-state index contributed by atoms with van der Waals surface area (Å²) in [6.45, 7) is 6.29. The van der Waals surface area contributed by atoms with E-state index in [0.29, 0.717) is 5.92 Å². The van der Waals surface area contributed by atoms with Gasteiger partial charge in [0.1, 0.15) is 6.04 Å². The molecule has 3 N–H and O–H groups in total. The molecule has 0 fully saturated rings. The first-order valence-electron chi connectivity index (χ1n) is 5.60. The lowest BCUT2D eigenvalue weighted by molar-refractivity contribution is -0.123. The smallest absolute Gasteiger partial charge is 0.242 e. The lowest BCUT2D eigenvalue weighted by Gasteiger charge is -2.18. The van der Waals surface area contributed by atoms with E-state index in [9.17, 15) is 4.79 Å². The van der Waals surface area contributed by atoms with Crippen LogP contribution in [0.25, 0.3) is 0 Å². The van der Waals surface area contributed by atoms with E-state index in [2.05, 4.69) is 19.2 Å². The summed E-state index contributed by atoms with van der Waals surface area (Å²) in [5, 5.41) is 4.87. The van der Waals surface area contributed by atoms with Gasteiger partial charge in [-0.15, -0.1) is 11.3 Å². The Morgan fingerprint density at radius 3 is 2.69 bits per heavy atom. The average molecular weight is 240 g/mol. The number of carbonyl (C=O) groups excluding carboxylic acids is 1. The van der Waals surface area contributed by atoms with Crippen LogP contribution in [0.1, 0.15) is 38.1 Å². The molecule has 2 unspecified atom stereocenters.